The Bertz CT molecular complexity index is 932. The van der Waals surface area contributed by atoms with Crippen LogP contribution in [0.5, 0.6) is 0 Å². The quantitative estimate of drug-likeness (QED) is 0.611. The number of nitrogens with one attached hydrogen (secondary N) is 1. The Morgan fingerprint density at radius 3 is 2.92 bits per heavy atom. The van der Waals surface area contributed by atoms with Crippen molar-refractivity contribution in [1.82, 2.24) is 9.55 Å². The lowest BCUT2D eigenvalue weighted by Gasteiger charge is -2.09. The number of nitrogens with zero attached hydrogens (tertiary/aromatic N) is 2. The van der Waals surface area contributed by atoms with Crippen LogP contribution in [0.1, 0.15) is 0 Å². The highest BCUT2D eigenvalue weighted by atomic mass is 35.5. The summed E-state index contributed by atoms with van der Waals surface area (Å²) in [5.74, 6) is -0.775. The van der Waals surface area contributed by atoms with E-state index in [-0.39, 0.29) is 22.4 Å². The molecule has 0 atom stereocenters. The Kier molecular flexibility index (Phi) is 6.13. The zero-order valence-electron chi connectivity index (χ0n) is 14.0. The molecular weight excluding hydrogens is 377 g/mol. The van der Waals surface area contributed by atoms with Gasteiger partial charge in [-0.3, -0.25) is 4.79 Å². The number of imidazole rings is 1. The molecule has 0 aliphatic carbocycles. The van der Waals surface area contributed by atoms with Crippen molar-refractivity contribution in [2.24, 2.45) is 0 Å². The van der Waals surface area contributed by atoms with Gasteiger partial charge in [0.15, 0.2) is 5.16 Å². The second kappa shape index (κ2) is 8.53. The molecule has 2 aromatic carbocycles. The second-order valence-electron chi connectivity index (χ2n) is 5.49. The summed E-state index contributed by atoms with van der Waals surface area (Å²) < 4.78 is 21.0. The number of rotatable bonds is 7. The lowest BCUT2D eigenvalue weighted by molar-refractivity contribution is -0.113. The highest BCUT2D eigenvalue weighted by Crippen LogP contribution is 2.25. The number of methoxy groups -OCH3 is 1. The first-order valence-electron chi connectivity index (χ1n) is 7.90. The lowest BCUT2D eigenvalue weighted by Crippen LogP contribution is -2.16. The minimum Gasteiger partial charge on any atom is -0.383 e. The smallest absolute Gasteiger partial charge is 0.234 e. The average molecular weight is 394 g/mol. The van der Waals surface area contributed by atoms with Crippen molar-refractivity contribution < 1.29 is 13.9 Å². The van der Waals surface area contributed by atoms with Crippen LogP contribution >= 0.6 is 23.4 Å². The molecule has 0 fully saturated rings. The van der Waals surface area contributed by atoms with E-state index in [1.807, 2.05) is 28.8 Å². The summed E-state index contributed by atoms with van der Waals surface area (Å²) >= 11 is 7.01. The Morgan fingerprint density at radius 2 is 2.15 bits per heavy atom. The molecule has 1 heterocycles. The van der Waals surface area contributed by atoms with Crippen LogP contribution in [-0.4, -0.2) is 34.9 Å². The number of hydrogen-bond acceptors (Lipinski definition) is 4. The number of anilines is 1. The van der Waals surface area contributed by atoms with Crippen molar-refractivity contribution in [2.75, 3.05) is 24.8 Å². The highest BCUT2D eigenvalue weighted by Gasteiger charge is 2.14. The standard InChI is InChI=1S/C18H17ClFN3O2S/c1-25-9-8-23-16-5-3-2-4-15(16)22-18(23)26-11-17(24)21-14-7-6-12(19)10-13(14)20/h2-7,10H,8-9,11H2,1H3,(H,21,24). The van der Waals surface area contributed by atoms with Crippen LogP contribution in [0.4, 0.5) is 10.1 Å². The van der Waals surface area contributed by atoms with E-state index in [2.05, 4.69) is 10.3 Å². The van der Waals surface area contributed by atoms with E-state index >= 15 is 0 Å². The fourth-order valence-electron chi connectivity index (χ4n) is 2.47. The third kappa shape index (κ3) is 4.35. The van der Waals surface area contributed by atoms with Gasteiger partial charge in [-0.2, -0.15) is 0 Å². The maximum Gasteiger partial charge on any atom is 0.234 e. The van der Waals surface area contributed by atoms with Gasteiger partial charge in [0.1, 0.15) is 5.82 Å². The summed E-state index contributed by atoms with van der Waals surface area (Å²) in [5, 5.41) is 3.55. The molecule has 1 amide bonds. The summed E-state index contributed by atoms with van der Waals surface area (Å²) in [5.41, 5.74) is 1.94. The van der Waals surface area contributed by atoms with Gasteiger partial charge in [0.2, 0.25) is 5.91 Å². The number of hydrogen-bond donors (Lipinski definition) is 1. The van der Waals surface area contributed by atoms with Crippen molar-refractivity contribution in [3.63, 3.8) is 0 Å². The van der Waals surface area contributed by atoms with Crippen LogP contribution < -0.4 is 5.32 Å². The first kappa shape index (κ1) is 18.7. The summed E-state index contributed by atoms with van der Waals surface area (Å²) in [4.78, 5) is 16.7. The molecular formula is C18H17ClFN3O2S. The maximum absolute atomic E-state index is 13.8. The number of carbonyl (C=O) groups is 1. The zero-order valence-corrected chi connectivity index (χ0v) is 15.6. The third-order valence-corrected chi connectivity index (χ3v) is 4.89. The molecule has 0 saturated heterocycles. The first-order valence-corrected chi connectivity index (χ1v) is 9.26. The molecule has 3 rings (SSSR count). The molecule has 8 heteroatoms. The van der Waals surface area contributed by atoms with Gasteiger partial charge in [-0.25, -0.2) is 9.37 Å². The molecule has 1 aromatic heterocycles. The predicted molar refractivity (Wildman–Crippen MR) is 102 cm³/mol. The molecule has 26 heavy (non-hydrogen) atoms. The molecule has 0 bridgehead atoms. The van der Waals surface area contributed by atoms with Gasteiger partial charge in [0.05, 0.1) is 29.1 Å². The SMILES string of the molecule is COCCn1c(SCC(=O)Nc2ccc(Cl)cc2F)nc2ccccc21. The zero-order chi connectivity index (χ0) is 18.5. The first-order chi connectivity index (χ1) is 12.6. The van der Waals surface area contributed by atoms with Gasteiger partial charge in [-0.1, -0.05) is 35.5 Å². The van der Waals surface area contributed by atoms with E-state index < -0.39 is 5.82 Å². The Morgan fingerprint density at radius 1 is 1.35 bits per heavy atom. The number of halogens is 2. The van der Waals surface area contributed by atoms with Crippen LogP contribution in [0.25, 0.3) is 11.0 Å². The number of para-hydroxylation sites is 2. The number of benzene rings is 2. The molecule has 0 aliphatic heterocycles. The summed E-state index contributed by atoms with van der Waals surface area (Å²) in [6.07, 6.45) is 0. The van der Waals surface area contributed by atoms with Gasteiger partial charge in [-0.05, 0) is 30.3 Å². The van der Waals surface area contributed by atoms with Crippen LogP contribution in [0.2, 0.25) is 5.02 Å². The van der Waals surface area contributed by atoms with E-state index in [0.717, 1.165) is 22.3 Å². The number of aromatic nitrogens is 2. The molecule has 5 nitrogen and oxygen atoms in total. The predicted octanol–water partition coefficient (Wildman–Crippen LogP) is 4.21. The molecule has 0 radical (unpaired) electrons. The molecule has 0 aliphatic rings. The Hall–Kier alpha value is -2.09. The van der Waals surface area contributed by atoms with E-state index in [9.17, 15) is 9.18 Å². The van der Waals surface area contributed by atoms with Crippen molar-refractivity contribution in [2.45, 2.75) is 11.7 Å². The van der Waals surface area contributed by atoms with E-state index in [0.29, 0.717) is 13.2 Å². The van der Waals surface area contributed by atoms with E-state index in [1.165, 1.54) is 23.9 Å². The second-order valence-corrected chi connectivity index (χ2v) is 6.87. The Labute approximate surface area is 159 Å². The van der Waals surface area contributed by atoms with Crippen molar-refractivity contribution in [3.8, 4) is 0 Å². The lowest BCUT2D eigenvalue weighted by atomic mass is 10.3. The van der Waals surface area contributed by atoms with Crippen LogP contribution in [0, 0.1) is 5.82 Å². The van der Waals surface area contributed by atoms with Crippen molar-refractivity contribution in [1.29, 1.82) is 0 Å². The van der Waals surface area contributed by atoms with Gasteiger partial charge >= 0.3 is 0 Å². The maximum atomic E-state index is 13.8. The highest BCUT2D eigenvalue weighted by molar-refractivity contribution is 7.99. The van der Waals surface area contributed by atoms with Gasteiger partial charge < -0.3 is 14.6 Å². The fraction of sp³-hybridized carbons (Fsp3) is 0.222. The normalized spacial score (nSPS) is 11.0. The van der Waals surface area contributed by atoms with Crippen molar-refractivity contribution in [3.05, 3.63) is 53.3 Å². The number of thioether (sulfide) groups is 1. The van der Waals surface area contributed by atoms with E-state index in [4.69, 9.17) is 16.3 Å². The number of fused-ring (bicyclic) bond motifs is 1. The number of ether oxygens (including phenoxy) is 1. The number of amides is 1. The fourth-order valence-corrected chi connectivity index (χ4v) is 3.47. The van der Waals surface area contributed by atoms with E-state index in [1.54, 1.807) is 7.11 Å². The molecule has 0 unspecified atom stereocenters. The summed E-state index contributed by atoms with van der Waals surface area (Å²) in [6, 6.07) is 11.9. The van der Waals surface area contributed by atoms with Gasteiger partial charge in [-0.15, -0.1) is 0 Å². The summed E-state index contributed by atoms with van der Waals surface area (Å²) in [7, 11) is 1.64. The Balaban J connectivity index is 1.71. The van der Waals surface area contributed by atoms with Crippen molar-refractivity contribution >= 4 is 46.0 Å². The minimum atomic E-state index is -0.566. The average Bonchev–Trinajstić information content (AvgIpc) is 2.98. The van der Waals surface area contributed by atoms with Gasteiger partial charge in [0.25, 0.3) is 0 Å². The molecule has 136 valence electrons. The largest absolute Gasteiger partial charge is 0.383 e. The monoisotopic (exact) mass is 393 g/mol. The van der Waals surface area contributed by atoms with Crippen LogP contribution in [-0.2, 0) is 16.1 Å². The topological polar surface area (TPSA) is 56.1 Å². The van der Waals surface area contributed by atoms with Gasteiger partial charge in [0, 0.05) is 18.7 Å². The molecule has 3 aromatic rings. The third-order valence-electron chi connectivity index (χ3n) is 3.68. The minimum absolute atomic E-state index is 0.105. The number of carbonyl (C=O) groups excluding carboxylic acids is 1. The van der Waals surface area contributed by atoms with Crippen LogP contribution in [0.3, 0.4) is 0 Å². The molecule has 0 saturated carbocycles. The molecule has 1 N–H and O–H groups in total. The summed E-state index contributed by atoms with van der Waals surface area (Å²) in [6.45, 7) is 1.17. The molecule has 0 spiro atoms. The van der Waals surface area contributed by atoms with Crippen LogP contribution in [0.15, 0.2) is 47.6 Å².